The summed E-state index contributed by atoms with van der Waals surface area (Å²) in [6.45, 7) is 5.28. The Bertz CT molecular complexity index is 254. The van der Waals surface area contributed by atoms with Gasteiger partial charge in [-0.15, -0.1) is 0 Å². The second-order valence-electron chi connectivity index (χ2n) is 4.80. The monoisotopic (exact) mass is 211 g/mol. The highest BCUT2D eigenvalue weighted by Crippen LogP contribution is 2.51. The Morgan fingerprint density at radius 2 is 2.27 bits per heavy atom. The summed E-state index contributed by atoms with van der Waals surface area (Å²) in [5, 5.41) is 3.40. The second kappa shape index (κ2) is 4.12. The lowest BCUT2D eigenvalue weighted by atomic mass is 9.81. The zero-order valence-electron chi connectivity index (χ0n) is 9.71. The van der Waals surface area contributed by atoms with E-state index in [1.807, 2.05) is 6.92 Å². The lowest BCUT2D eigenvalue weighted by Crippen LogP contribution is -2.56. The molecule has 2 saturated carbocycles. The molecule has 0 aromatic carbocycles. The van der Waals surface area contributed by atoms with Crippen LogP contribution in [0.2, 0.25) is 0 Å². The molecule has 0 aromatic heterocycles. The van der Waals surface area contributed by atoms with Crippen molar-refractivity contribution in [3.8, 4) is 0 Å². The van der Waals surface area contributed by atoms with E-state index in [2.05, 4.69) is 12.2 Å². The van der Waals surface area contributed by atoms with Gasteiger partial charge in [0.25, 0.3) is 0 Å². The Hall–Kier alpha value is -0.570. The molecule has 15 heavy (non-hydrogen) atoms. The van der Waals surface area contributed by atoms with Crippen LogP contribution in [0.25, 0.3) is 0 Å². The molecule has 86 valence electrons. The highest BCUT2D eigenvalue weighted by molar-refractivity contribution is 5.82. The lowest BCUT2D eigenvalue weighted by Gasteiger charge is -2.35. The van der Waals surface area contributed by atoms with Crippen molar-refractivity contribution in [1.82, 2.24) is 5.32 Å². The quantitative estimate of drug-likeness (QED) is 0.720. The van der Waals surface area contributed by atoms with Crippen molar-refractivity contribution in [1.29, 1.82) is 0 Å². The van der Waals surface area contributed by atoms with E-state index in [0.717, 1.165) is 18.9 Å². The molecule has 0 saturated heterocycles. The molecule has 3 heteroatoms. The lowest BCUT2D eigenvalue weighted by molar-refractivity contribution is -0.153. The number of ether oxygens (including phenoxy) is 1. The molecule has 3 nitrogen and oxygen atoms in total. The van der Waals surface area contributed by atoms with Gasteiger partial charge in [-0.2, -0.15) is 0 Å². The van der Waals surface area contributed by atoms with Crippen molar-refractivity contribution in [2.75, 3.05) is 13.2 Å². The molecule has 2 bridgehead atoms. The van der Waals surface area contributed by atoms with Crippen molar-refractivity contribution in [3.05, 3.63) is 0 Å². The molecule has 2 fully saturated rings. The summed E-state index contributed by atoms with van der Waals surface area (Å²) >= 11 is 0. The van der Waals surface area contributed by atoms with E-state index in [1.165, 1.54) is 19.3 Å². The van der Waals surface area contributed by atoms with E-state index in [1.54, 1.807) is 0 Å². The fourth-order valence-corrected chi connectivity index (χ4v) is 3.44. The van der Waals surface area contributed by atoms with Gasteiger partial charge in [0.15, 0.2) is 0 Å². The molecule has 2 aliphatic carbocycles. The summed E-state index contributed by atoms with van der Waals surface area (Å²) in [5.74, 6) is 1.25. The topological polar surface area (TPSA) is 38.3 Å². The Morgan fingerprint density at radius 1 is 1.47 bits per heavy atom. The predicted octanol–water partition coefficient (Wildman–Crippen LogP) is 1.72. The molecule has 3 atom stereocenters. The van der Waals surface area contributed by atoms with Gasteiger partial charge in [0.2, 0.25) is 0 Å². The molecule has 0 radical (unpaired) electrons. The largest absolute Gasteiger partial charge is 0.465 e. The van der Waals surface area contributed by atoms with E-state index < -0.39 is 0 Å². The molecule has 1 N–H and O–H groups in total. The number of hydrogen-bond donors (Lipinski definition) is 1. The summed E-state index contributed by atoms with van der Waals surface area (Å²) in [5.41, 5.74) is -0.340. The first-order valence-electron chi connectivity index (χ1n) is 6.15. The number of hydrogen-bond acceptors (Lipinski definition) is 3. The van der Waals surface area contributed by atoms with Crippen LogP contribution in [0.4, 0.5) is 0 Å². The third kappa shape index (κ3) is 1.67. The fraction of sp³-hybridized carbons (Fsp3) is 0.917. The number of fused-ring (bicyclic) bond motifs is 2. The smallest absolute Gasteiger partial charge is 0.326 e. The van der Waals surface area contributed by atoms with Crippen molar-refractivity contribution < 1.29 is 9.53 Å². The first kappa shape index (κ1) is 10.9. The van der Waals surface area contributed by atoms with Crippen LogP contribution in [0.5, 0.6) is 0 Å². The average molecular weight is 211 g/mol. The van der Waals surface area contributed by atoms with Gasteiger partial charge in [-0.25, -0.2) is 0 Å². The fourth-order valence-electron chi connectivity index (χ4n) is 3.44. The zero-order chi connectivity index (χ0) is 10.9. The summed E-state index contributed by atoms with van der Waals surface area (Å²) in [6.07, 6.45) is 4.70. The highest BCUT2D eigenvalue weighted by Gasteiger charge is 2.56. The van der Waals surface area contributed by atoms with Crippen molar-refractivity contribution >= 4 is 5.97 Å². The van der Waals surface area contributed by atoms with Gasteiger partial charge < -0.3 is 10.1 Å². The Balaban J connectivity index is 2.14. The summed E-state index contributed by atoms with van der Waals surface area (Å²) in [4.78, 5) is 12.1. The van der Waals surface area contributed by atoms with Crippen molar-refractivity contribution in [2.24, 2.45) is 11.8 Å². The van der Waals surface area contributed by atoms with Gasteiger partial charge in [0.1, 0.15) is 5.54 Å². The molecule has 0 amide bonds. The minimum atomic E-state index is -0.340. The van der Waals surface area contributed by atoms with Crippen molar-refractivity contribution in [3.63, 3.8) is 0 Å². The molecule has 0 heterocycles. The zero-order valence-corrected chi connectivity index (χ0v) is 9.71. The van der Waals surface area contributed by atoms with Crippen LogP contribution < -0.4 is 5.32 Å². The SMILES string of the molecule is CCNC1(C(=O)OCC)CC2CCC1C2. The Morgan fingerprint density at radius 3 is 2.73 bits per heavy atom. The van der Waals surface area contributed by atoms with Gasteiger partial charge >= 0.3 is 5.97 Å². The van der Waals surface area contributed by atoms with Crippen molar-refractivity contribution in [2.45, 2.75) is 45.1 Å². The van der Waals surface area contributed by atoms with Crippen LogP contribution in [-0.4, -0.2) is 24.7 Å². The first-order valence-corrected chi connectivity index (χ1v) is 6.15. The van der Waals surface area contributed by atoms with Crippen LogP contribution in [0.15, 0.2) is 0 Å². The number of esters is 1. The van der Waals surface area contributed by atoms with Gasteiger partial charge in [-0.3, -0.25) is 4.79 Å². The molecule has 0 spiro atoms. The first-order chi connectivity index (χ1) is 7.23. The molecular weight excluding hydrogens is 190 g/mol. The highest BCUT2D eigenvalue weighted by atomic mass is 16.5. The second-order valence-corrected chi connectivity index (χ2v) is 4.80. The standard InChI is InChI=1S/C12H21NO2/c1-3-13-12(11(14)15-4-2)8-9-5-6-10(12)7-9/h9-10,13H,3-8H2,1-2H3. The number of rotatable bonds is 4. The third-order valence-electron chi connectivity index (χ3n) is 3.98. The van der Waals surface area contributed by atoms with E-state index in [9.17, 15) is 4.79 Å². The van der Waals surface area contributed by atoms with Crippen LogP contribution in [0, 0.1) is 11.8 Å². The van der Waals surface area contributed by atoms with Gasteiger partial charge in [0.05, 0.1) is 6.61 Å². The maximum Gasteiger partial charge on any atom is 0.326 e. The van der Waals surface area contributed by atoms with E-state index in [-0.39, 0.29) is 11.5 Å². The molecular formula is C12H21NO2. The van der Waals surface area contributed by atoms with Crippen LogP contribution >= 0.6 is 0 Å². The van der Waals surface area contributed by atoms with E-state index >= 15 is 0 Å². The number of nitrogens with one attached hydrogen (secondary N) is 1. The molecule has 3 unspecified atom stereocenters. The predicted molar refractivity (Wildman–Crippen MR) is 58.5 cm³/mol. The van der Waals surface area contributed by atoms with Crippen LogP contribution in [0.1, 0.15) is 39.5 Å². The molecule has 2 rings (SSSR count). The maximum absolute atomic E-state index is 12.1. The number of carbonyl (C=O) groups is 1. The summed E-state index contributed by atoms with van der Waals surface area (Å²) < 4.78 is 5.23. The van der Waals surface area contributed by atoms with Gasteiger partial charge in [-0.05, 0) is 44.6 Å². The van der Waals surface area contributed by atoms with E-state index in [4.69, 9.17) is 4.74 Å². The summed E-state index contributed by atoms with van der Waals surface area (Å²) in [7, 11) is 0. The maximum atomic E-state index is 12.1. The molecule has 2 aliphatic rings. The number of likely N-dealkylation sites (N-methyl/N-ethyl adjacent to an activating group) is 1. The Labute approximate surface area is 91.6 Å². The van der Waals surface area contributed by atoms with Crippen LogP contribution in [0.3, 0.4) is 0 Å². The van der Waals surface area contributed by atoms with Gasteiger partial charge in [-0.1, -0.05) is 13.3 Å². The van der Waals surface area contributed by atoms with E-state index in [0.29, 0.717) is 12.5 Å². The van der Waals surface area contributed by atoms with Gasteiger partial charge in [0, 0.05) is 0 Å². The minimum absolute atomic E-state index is 0.0148. The Kier molecular flexibility index (Phi) is 3.01. The minimum Gasteiger partial charge on any atom is -0.465 e. The normalized spacial score (nSPS) is 38.3. The third-order valence-corrected chi connectivity index (χ3v) is 3.98. The summed E-state index contributed by atoms with van der Waals surface area (Å²) in [6, 6.07) is 0. The number of carbonyl (C=O) groups excluding carboxylic acids is 1. The molecule has 0 aromatic rings. The molecule has 0 aliphatic heterocycles. The average Bonchev–Trinajstić information content (AvgIpc) is 2.79. The van der Waals surface area contributed by atoms with Crippen LogP contribution in [-0.2, 0) is 9.53 Å².